The van der Waals surface area contributed by atoms with E-state index in [-0.39, 0.29) is 35.0 Å². The molecule has 62 heavy (non-hydrogen) atoms. The SMILES string of the molecule is COC(C[C@H]1C[C@@H](C)[C@@H](O[Si](C)(C)C(C)(C)C)/C=C/C=C/C[C@@H](C)OC(=O)CC(=O)[C@H](OC)[C@H]1O[C@@H]1O[C@H](C)[C@@H](O[C@H]2CC(C)(C)[C@@H](C)C(C)O2)C(N(C)C)C1OC(C)=O)OC. The molecule has 3 heterocycles. The highest BCUT2D eigenvalue weighted by atomic mass is 28.4. The van der Waals surface area contributed by atoms with Crippen molar-refractivity contribution in [2.24, 2.45) is 23.2 Å². The number of Topliss-reactive ketones (excluding diaryl/α,β-unsaturated/α-hetero) is 1. The second-order valence-electron chi connectivity index (χ2n) is 20.3. The number of hydrogen-bond acceptors (Lipinski definition) is 14. The summed E-state index contributed by atoms with van der Waals surface area (Å²) in [7, 11) is 6.01. The van der Waals surface area contributed by atoms with Crippen molar-refractivity contribution in [3.8, 4) is 0 Å². The maximum absolute atomic E-state index is 14.4. The van der Waals surface area contributed by atoms with Crippen molar-refractivity contribution in [3.05, 3.63) is 24.3 Å². The second-order valence-corrected chi connectivity index (χ2v) is 25.0. The molecule has 358 valence electrons. The molecule has 0 N–H and O–H groups in total. The summed E-state index contributed by atoms with van der Waals surface area (Å²) < 4.78 is 63.6. The lowest BCUT2D eigenvalue weighted by atomic mass is 9.73. The Morgan fingerprint density at radius 3 is 2.13 bits per heavy atom. The number of cyclic esters (lactones) is 1. The van der Waals surface area contributed by atoms with Gasteiger partial charge in [0.1, 0.15) is 24.7 Å². The summed E-state index contributed by atoms with van der Waals surface area (Å²) in [6, 6.07) is -0.572. The van der Waals surface area contributed by atoms with Gasteiger partial charge in [0.2, 0.25) is 0 Å². The van der Waals surface area contributed by atoms with Crippen molar-refractivity contribution in [2.45, 2.75) is 200 Å². The van der Waals surface area contributed by atoms with Gasteiger partial charge in [-0.2, -0.15) is 0 Å². The van der Waals surface area contributed by atoms with E-state index in [4.69, 9.17) is 47.1 Å². The fourth-order valence-electron chi connectivity index (χ4n) is 8.60. The summed E-state index contributed by atoms with van der Waals surface area (Å²) in [5, 5.41) is -0.0674. The Kier molecular flexibility index (Phi) is 20.5. The average molecular weight is 898 g/mol. The smallest absolute Gasteiger partial charge is 0.313 e. The first kappa shape index (κ1) is 54.3. The van der Waals surface area contributed by atoms with Crippen LogP contribution in [0.5, 0.6) is 0 Å². The third-order valence-electron chi connectivity index (χ3n) is 13.7. The van der Waals surface area contributed by atoms with Crippen molar-refractivity contribution in [1.29, 1.82) is 0 Å². The van der Waals surface area contributed by atoms with Crippen molar-refractivity contribution < 1.29 is 61.4 Å². The molecule has 0 aromatic carbocycles. The minimum atomic E-state index is -2.30. The Morgan fingerprint density at radius 2 is 1.58 bits per heavy atom. The quantitative estimate of drug-likeness (QED) is 0.0773. The summed E-state index contributed by atoms with van der Waals surface area (Å²) in [5.74, 6) is -2.10. The lowest BCUT2D eigenvalue weighted by Gasteiger charge is -2.51. The molecule has 0 amide bonds. The molecule has 0 aliphatic carbocycles. The van der Waals surface area contributed by atoms with Crippen LogP contribution < -0.4 is 0 Å². The molecule has 0 bridgehead atoms. The normalized spacial score (nSPS) is 36.9. The predicted octanol–water partition coefficient (Wildman–Crippen LogP) is 7.62. The van der Waals surface area contributed by atoms with Crippen LogP contribution in [0.3, 0.4) is 0 Å². The molecule has 0 radical (unpaired) electrons. The Hall–Kier alpha value is -2.05. The van der Waals surface area contributed by atoms with E-state index < -0.39 is 99.9 Å². The molecule has 0 saturated carbocycles. The number of nitrogens with zero attached hydrogens (tertiary/aromatic N) is 1. The van der Waals surface area contributed by atoms with Gasteiger partial charge < -0.3 is 52.0 Å². The van der Waals surface area contributed by atoms with Crippen molar-refractivity contribution in [3.63, 3.8) is 0 Å². The number of allylic oxidation sites excluding steroid dienone is 2. The van der Waals surface area contributed by atoms with Crippen molar-refractivity contribution in [2.75, 3.05) is 35.4 Å². The van der Waals surface area contributed by atoms with E-state index in [0.717, 1.165) is 0 Å². The average Bonchev–Trinajstić information content (AvgIpc) is 3.14. The van der Waals surface area contributed by atoms with Gasteiger partial charge in [-0.1, -0.05) is 72.8 Å². The van der Waals surface area contributed by atoms with Crippen LogP contribution in [0.1, 0.15) is 108 Å². The van der Waals surface area contributed by atoms with Crippen LogP contribution in [-0.4, -0.2) is 140 Å². The van der Waals surface area contributed by atoms with E-state index in [1.54, 1.807) is 21.1 Å². The Bertz CT molecular complexity index is 1490. The molecule has 3 aliphatic rings. The summed E-state index contributed by atoms with van der Waals surface area (Å²) in [6.45, 7) is 26.9. The van der Waals surface area contributed by atoms with E-state index in [1.807, 2.05) is 44.1 Å². The third kappa shape index (κ3) is 14.7. The highest BCUT2D eigenvalue weighted by Crippen LogP contribution is 2.43. The summed E-state index contributed by atoms with van der Waals surface area (Å²) in [4.78, 5) is 42.7. The molecule has 2 fully saturated rings. The fraction of sp³-hybridized carbons (Fsp3) is 0.851. The van der Waals surface area contributed by atoms with Gasteiger partial charge in [0, 0.05) is 47.5 Å². The number of esters is 2. The van der Waals surface area contributed by atoms with Crippen LogP contribution in [-0.2, 0) is 61.4 Å². The molecule has 14 atom stereocenters. The number of hydrogen-bond donors (Lipinski definition) is 0. The highest BCUT2D eigenvalue weighted by Gasteiger charge is 2.53. The zero-order chi connectivity index (χ0) is 46.9. The molecule has 14 nitrogen and oxygen atoms in total. The maximum atomic E-state index is 14.4. The molecule has 3 rings (SSSR count). The number of ether oxygens (including phenoxy) is 9. The standard InChI is InChI=1S/C47H83NO13Si/c1-28-24-34(25-38(52-14)53-15)42(43(54-16)35(50)26-37(51)55-29(2)22-20-19-21-23-36(28)61-62(17,18)46(7,8)9)60-45-44(58-33(6)49)40(48(12)13)41(32(5)57-45)59-39-27-47(10,11)30(3)31(4)56-39/h19-21,23,28-32,34,36,38-45H,22,24-27H2,1-18H3/b20-19+,23-21+/t28-,29-,30+,31?,32-,34-,36+,39+,40?,41-,42+,43+,44?,45+/m1/s1. The molecule has 3 aliphatic heterocycles. The molecule has 0 spiro atoms. The lowest BCUT2D eigenvalue weighted by molar-refractivity contribution is -0.337. The number of carbonyl (C=O) groups is 3. The van der Waals surface area contributed by atoms with Gasteiger partial charge in [0.25, 0.3) is 0 Å². The number of methoxy groups -OCH3 is 3. The van der Waals surface area contributed by atoms with Crippen LogP contribution in [0, 0.1) is 23.2 Å². The first-order chi connectivity index (χ1) is 28.8. The largest absolute Gasteiger partial charge is 0.462 e. The Morgan fingerprint density at radius 1 is 0.935 bits per heavy atom. The fourth-order valence-corrected chi connectivity index (χ4v) is 9.94. The second kappa shape index (κ2) is 23.4. The van der Waals surface area contributed by atoms with E-state index >= 15 is 0 Å². The summed E-state index contributed by atoms with van der Waals surface area (Å²) in [6.07, 6.45) is 1.34. The van der Waals surface area contributed by atoms with Gasteiger partial charge >= 0.3 is 11.9 Å². The minimum Gasteiger partial charge on any atom is -0.462 e. The lowest BCUT2D eigenvalue weighted by Crippen LogP contribution is -2.66. The van der Waals surface area contributed by atoms with Gasteiger partial charge in [-0.25, -0.2) is 0 Å². The maximum Gasteiger partial charge on any atom is 0.313 e. The molecule has 2 saturated heterocycles. The Labute approximate surface area is 374 Å². The molecule has 0 aromatic heterocycles. The molecular weight excluding hydrogens is 815 g/mol. The summed E-state index contributed by atoms with van der Waals surface area (Å²) >= 11 is 0. The molecular formula is C47H83NO13Si. The van der Waals surface area contributed by atoms with E-state index in [1.165, 1.54) is 14.0 Å². The highest BCUT2D eigenvalue weighted by molar-refractivity contribution is 6.74. The number of likely N-dealkylation sites (N-methyl/N-ethyl adjacent to an activating group) is 1. The first-order valence-corrected chi connectivity index (χ1v) is 25.4. The molecule has 15 heteroatoms. The number of carbonyl (C=O) groups excluding carboxylic acids is 3. The minimum absolute atomic E-state index is 0.0458. The van der Waals surface area contributed by atoms with E-state index in [2.05, 4.69) is 74.6 Å². The van der Waals surface area contributed by atoms with Crippen LogP contribution in [0.2, 0.25) is 18.1 Å². The van der Waals surface area contributed by atoms with Gasteiger partial charge in [0.05, 0.1) is 30.5 Å². The zero-order valence-electron chi connectivity index (χ0n) is 41.3. The van der Waals surface area contributed by atoms with Crippen LogP contribution in [0.25, 0.3) is 0 Å². The molecule has 0 aromatic rings. The predicted molar refractivity (Wildman–Crippen MR) is 240 cm³/mol. The topological polar surface area (TPSA) is 147 Å². The van der Waals surface area contributed by atoms with Crippen molar-refractivity contribution >= 4 is 26.0 Å². The summed E-state index contributed by atoms with van der Waals surface area (Å²) in [5.41, 5.74) is -0.0539. The monoisotopic (exact) mass is 898 g/mol. The third-order valence-corrected chi connectivity index (χ3v) is 18.2. The van der Waals surface area contributed by atoms with Gasteiger partial charge in [0.15, 0.2) is 39.1 Å². The Balaban J connectivity index is 2.21. The van der Waals surface area contributed by atoms with E-state index in [9.17, 15) is 14.4 Å². The van der Waals surface area contributed by atoms with Crippen LogP contribution in [0.4, 0.5) is 0 Å². The van der Waals surface area contributed by atoms with E-state index in [0.29, 0.717) is 25.2 Å². The zero-order valence-corrected chi connectivity index (χ0v) is 42.3. The van der Waals surface area contributed by atoms with Gasteiger partial charge in [-0.05, 0) is 82.6 Å². The number of rotatable bonds is 13. The van der Waals surface area contributed by atoms with Crippen LogP contribution >= 0.6 is 0 Å². The first-order valence-electron chi connectivity index (χ1n) is 22.5. The molecule has 3 unspecified atom stereocenters. The van der Waals surface area contributed by atoms with Gasteiger partial charge in [-0.15, -0.1) is 0 Å². The van der Waals surface area contributed by atoms with Crippen molar-refractivity contribution in [1.82, 2.24) is 4.90 Å². The van der Waals surface area contributed by atoms with Gasteiger partial charge in [-0.3, -0.25) is 14.4 Å². The number of ketones is 1. The van der Waals surface area contributed by atoms with Crippen LogP contribution in [0.15, 0.2) is 24.3 Å².